The fraction of sp³-hybridized carbons (Fsp3) is 0.280. The van der Waals surface area contributed by atoms with Crippen LogP contribution in [0.2, 0.25) is 0 Å². The molecule has 3 aliphatic rings. The summed E-state index contributed by atoms with van der Waals surface area (Å²) >= 11 is 0. The van der Waals surface area contributed by atoms with E-state index in [1.54, 1.807) is 30.3 Å². The Hall–Kier alpha value is -7.48. The molecule has 2 amide bonds. The maximum absolute atomic E-state index is 13.4. The molecule has 0 saturated heterocycles. The van der Waals surface area contributed by atoms with Crippen LogP contribution in [-0.4, -0.2) is 81.1 Å². The minimum Gasteiger partial charge on any atom is -0.493 e. The van der Waals surface area contributed by atoms with Gasteiger partial charge in [-0.1, -0.05) is 30.3 Å². The fourth-order valence-corrected chi connectivity index (χ4v) is 7.75. The molecule has 1 unspecified atom stereocenters. The van der Waals surface area contributed by atoms with Crippen LogP contribution < -0.4 is 34.9 Å². The van der Waals surface area contributed by atoms with Crippen molar-refractivity contribution in [3.8, 4) is 39.7 Å². The van der Waals surface area contributed by atoms with Crippen LogP contribution in [0.3, 0.4) is 0 Å². The summed E-state index contributed by atoms with van der Waals surface area (Å²) in [7, 11) is 7.75. The quantitative estimate of drug-likeness (QED) is 0.0290. The molecule has 1 aliphatic carbocycles. The summed E-state index contributed by atoms with van der Waals surface area (Å²) in [5.74, 6) is -0.704. The van der Waals surface area contributed by atoms with Gasteiger partial charge in [0.15, 0.2) is 5.78 Å². The maximum Gasteiger partial charge on any atom is 0.336 e. The summed E-state index contributed by atoms with van der Waals surface area (Å²) in [5, 5.41) is 26.9. The summed E-state index contributed by atoms with van der Waals surface area (Å²) in [6, 6.07) is 28.6. The van der Waals surface area contributed by atoms with E-state index in [-0.39, 0.29) is 54.4 Å². The second-order valence-electron chi connectivity index (χ2n) is 16.1. The molecule has 0 saturated carbocycles. The average Bonchev–Trinajstić information content (AvgIpc) is 3.27. The van der Waals surface area contributed by atoms with Crippen molar-refractivity contribution in [1.82, 2.24) is 15.2 Å². The molecule has 14 heteroatoms. The minimum atomic E-state index is -1.16. The number of carbonyl (C=O) groups excluding carboxylic acids is 3. The first-order chi connectivity index (χ1) is 30.8. The zero-order valence-electron chi connectivity index (χ0n) is 36.2. The van der Waals surface area contributed by atoms with Gasteiger partial charge >= 0.3 is 11.9 Å². The van der Waals surface area contributed by atoms with E-state index in [2.05, 4.69) is 10.6 Å². The smallest absolute Gasteiger partial charge is 0.336 e. The number of carboxylic acids is 2. The molecule has 1 atom stereocenters. The molecule has 2 aliphatic heterocycles. The Labute approximate surface area is 370 Å². The van der Waals surface area contributed by atoms with Gasteiger partial charge in [-0.15, -0.1) is 0 Å². The van der Waals surface area contributed by atoms with E-state index in [4.69, 9.17) is 19.0 Å². The summed E-state index contributed by atoms with van der Waals surface area (Å²) in [6.07, 6.45) is 1.55. The van der Waals surface area contributed by atoms with Crippen molar-refractivity contribution in [1.29, 1.82) is 0 Å². The highest BCUT2D eigenvalue weighted by Crippen LogP contribution is 2.45. The lowest BCUT2D eigenvalue weighted by Gasteiger charge is -2.29. The number of Topliss-reactive ketones (excluding diaryl/α,β-unsaturated/α-hetero) is 1. The standard InChI is InChI=1S/C50H50N4O10/c1-53(2)31-15-19-35-42(27-31)64-43-28-32(54(3)4)16-20-36(43)48(35)34-18-14-30(26-39(34)50(60)61)40(55)11-9-24-51-45(56)13-7-8-25-62-33-17-21-38-44(29-33)63-41-12-6-5-10-37(41)49(38)52-46(57)22-23-47(58)59/h5-6,10,12,14-21,26-29,49H,7-9,11,13,22-25H2,1-4H3,(H3-,51,52,56,57,58,59,60,61)/p+1. The monoisotopic (exact) mass is 867 g/mol. The van der Waals surface area contributed by atoms with Crippen LogP contribution in [0.1, 0.15) is 82.8 Å². The van der Waals surface area contributed by atoms with Gasteiger partial charge in [-0.25, -0.2) is 9.37 Å². The lowest BCUT2D eigenvalue weighted by molar-refractivity contribution is -0.138. The third-order valence-electron chi connectivity index (χ3n) is 11.1. The van der Waals surface area contributed by atoms with Crippen LogP contribution in [0.4, 0.5) is 5.69 Å². The summed E-state index contributed by atoms with van der Waals surface area (Å²) < 4.78 is 20.5. The molecule has 0 bridgehead atoms. The van der Waals surface area contributed by atoms with Crippen molar-refractivity contribution in [2.24, 2.45) is 0 Å². The summed E-state index contributed by atoms with van der Waals surface area (Å²) in [6.45, 7) is 0.643. The fourth-order valence-electron chi connectivity index (χ4n) is 7.75. The van der Waals surface area contributed by atoms with E-state index >= 15 is 0 Å². The van der Waals surface area contributed by atoms with Crippen LogP contribution in [0, 0.1) is 0 Å². The van der Waals surface area contributed by atoms with Gasteiger partial charge in [-0.05, 0) is 67.3 Å². The van der Waals surface area contributed by atoms with Crippen LogP contribution in [0.15, 0.2) is 101 Å². The summed E-state index contributed by atoms with van der Waals surface area (Å²) in [5.41, 5.74) is 5.21. The number of rotatable bonds is 18. The van der Waals surface area contributed by atoms with Gasteiger partial charge in [-0.3, -0.25) is 19.2 Å². The number of hydrogen-bond acceptors (Lipinski definition) is 9. The van der Waals surface area contributed by atoms with Crippen LogP contribution in [0.5, 0.6) is 17.2 Å². The molecule has 14 nitrogen and oxygen atoms in total. The lowest BCUT2D eigenvalue weighted by Crippen LogP contribution is -2.31. The molecule has 4 aromatic carbocycles. The zero-order valence-corrected chi connectivity index (χ0v) is 36.2. The van der Waals surface area contributed by atoms with Gasteiger partial charge in [0.05, 0.1) is 30.7 Å². The third-order valence-corrected chi connectivity index (χ3v) is 11.1. The Bertz CT molecular complexity index is 2810. The molecule has 7 rings (SSSR count). The number of hydrogen-bond donors (Lipinski definition) is 4. The molecular formula is C50H51N4O10+. The van der Waals surface area contributed by atoms with Crippen LogP contribution in [0.25, 0.3) is 33.4 Å². The number of nitrogens with one attached hydrogen (secondary N) is 2. The number of unbranched alkanes of at least 4 members (excludes halogenated alkanes) is 1. The number of carboxylic acid groups (broad SMARTS) is 2. The number of carbonyl (C=O) groups is 5. The number of benzene rings is 5. The predicted molar refractivity (Wildman–Crippen MR) is 242 cm³/mol. The largest absolute Gasteiger partial charge is 0.493 e. The van der Waals surface area contributed by atoms with Crippen LogP contribution >= 0.6 is 0 Å². The topological polar surface area (TPSA) is 188 Å². The average molecular weight is 868 g/mol. The molecular weight excluding hydrogens is 817 g/mol. The Balaban J connectivity index is 0.911. The van der Waals surface area contributed by atoms with E-state index in [0.29, 0.717) is 72.1 Å². The highest BCUT2D eigenvalue weighted by atomic mass is 16.5. The van der Waals surface area contributed by atoms with E-state index in [0.717, 1.165) is 33.1 Å². The van der Waals surface area contributed by atoms with E-state index < -0.39 is 18.0 Å². The Morgan fingerprint density at radius 3 is 2.30 bits per heavy atom. The number of anilines is 1. The number of amides is 2. The number of aliphatic carboxylic acids is 1. The Morgan fingerprint density at radius 2 is 1.53 bits per heavy atom. The first kappa shape index (κ1) is 44.6. The van der Waals surface area contributed by atoms with E-state index in [9.17, 15) is 29.1 Å². The van der Waals surface area contributed by atoms with Gasteiger partial charge in [0.2, 0.25) is 17.2 Å². The highest BCUT2D eigenvalue weighted by molar-refractivity contribution is 6.09. The number of ketones is 1. The molecule has 0 radical (unpaired) electrons. The number of nitrogens with zero attached hydrogens (tertiary/aromatic N) is 2. The molecule has 0 fully saturated rings. The van der Waals surface area contributed by atoms with Gasteiger partial charge in [0, 0.05) is 97.0 Å². The van der Waals surface area contributed by atoms with E-state index in [1.807, 2.05) is 98.3 Å². The van der Waals surface area contributed by atoms with E-state index in [1.165, 1.54) is 6.07 Å². The number of ether oxygens (including phenoxy) is 2. The van der Waals surface area contributed by atoms with Gasteiger partial charge in [-0.2, -0.15) is 0 Å². The molecule has 0 spiro atoms. The van der Waals surface area contributed by atoms with Crippen molar-refractivity contribution in [3.05, 3.63) is 125 Å². The molecule has 0 aromatic heterocycles. The Morgan fingerprint density at radius 1 is 0.750 bits per heavy atom. The second kappa shape index (κ2) is 19.7. The molecule has 4 aromatic rings. The third kappa shape index (κ3) is 10.2. The number of aromatic carboxylic acids is 1. The number of fused-ring (bicyclic) bond motifs is 4. The second-order valence-corrected chi connectivity index (χ2v) is 16.1. The van der Waals surface area contributed by atoms with Crippen molar-refractivity contribution in [2.45, 2.75) is 51.0 Å². The van der Waals surface area contributed by atoms with Gasteiger partial charge < -0.3 is 39.6 Å². The first-order valence-electron chi connectivity index (χ1n) is 21.2. The molecule has 4 N–H and O–H groups in total. The first-order valence-corrected chi connectivity index (χ1v) is 21.2. The predicted octanol–water partition coefficient (Wildman–Crippen LogP) is 7.51. The zero-order chi connectivity index (χ0) is 45.5. The van der Waals surface area contributed by atoms with Crippen LogP contribution in [-0.2, 0) is 14.4 Å². The lowest BCUT2D eigenvalue weighted by atomic mass is 9.89. The Kier molecular flexibility index (Phi) is 13.7. The highest BCUT2D eigenvalue weighted by Gasteiger charge is 2.29. The molecule has 2 heterocycles. The molecule has 64 heavy (non-hydrogen) atoms. The molecule has 330 valence electrons. The van der Waals surface area contributed by atoms with Gasteiger partial charge in [0.25, 0.3) is 0 Å². The number of para-hydroxylation sites is 1. The normalized spacial score (nSPS) is 12.7. The SMILES string of the molecule is CN(C)c1ccc2c(-c3ccc(C(=O)CCCNC(=O)CCCCOc4ccc5c(c4)Oc4ccccc4C5NC(=O)CCC(=O)O)cc3C(=O)O)c3ccc(=[N+](C)C)cc-3oc2c1. The van der Waals surface area contributed by atoms with Gasteiger partial charge in [0.1, 0.15) is 42.7 Å². The van der Waals surface area contributed by atoms with Crippen molar-refractivity contribution in [3.63, 3.8) is 0 Å². The minimum absolute atomic E-state index is 0.00129. The summed E-state index contributed by atoms with van der Waals surface area (Å²) in [4.78, 5) is 64.3. The van der Waals surface area contributed by atoms with Crippen molar-refractivity contribution >= 4 is 46.2 Å². The maximum atomic E-state index is 13.4. The van der Waals surface area contributed by atoms with Crippen molar-refractivity contribution < 1.29 is 48.1 Å². The van der Waals surface area contributed by atoms with Crippen molar-refractivity contribution in [2.75, 3.05) is 46.2 Å².